The number of hydrogen-bond acceptors (Lipinski definition) is 3. The number of nitriles is 1. The number of nitrogens with zero attached hydrogens (tertiary/aromatic N) is 1. The minimum Gasteiger partial charge on any atom is -0.494 e. The van der Waals surface area contributed by atoms with E-state index in [0.29, 0.717) is 28.6 Å². The van der Waals surface area contributed by atoms with E-state index in [9.17, 15) is 10.1 Å². The third-order valence-corrected chi connectivity index (χ3v) is 3.30. The molecule has 4 nitrogen and oxygen atoms in total. The van der Waals surface area contributed by atoms with Crippen molar-refractivity contribution in [3.05, 3.63) is 64.7 Å². The summed E-state index contributed by atoms with van der Waals surface area (Å²) in [5.41, 5.74) is 1.16. The van der Waals surface area contributed by atoms with Crippen LogP contribution < -0.4 is 10.1 Å². The molecule has 0 radical (unpaired) electrons. The SMILES string of the molecule is CCOc1cccc(/C=C(\C#N)C(=O)Nc2ccccc2Cl)c1. The first-order valence-electron chi connectivity index (χ1n) is 7.04. The molecule has 2 rings (SSSR count). The van der Waals surface area contributed by atoms with Crippen LogP contribution in [0.4, 0.5) is 5.69 Å². The number of para-hydroxylation sites is 1. The van der Waals surface area contributed by atoms with Gasteiger partial charge < -0.3 is 10.1 Å². The molecule has 0 saturated heterocycles. The highest BCUT2D eigenvalue weighted by Crippen LogP contribution is 2.21. The van der Waals surface area contributed by atoms with Crippen LogP contribution in [0.3, 0.4) is 0 Å². The molecule has 1 N–H and O–H groups in total. The summed E-state index contributed by atoms with van der Waals surface area (Å²) in [4.78, 5) is 12.2. The number of amides is 1. The molecule has 0 bridgehead atoms. The molecule has 0 atom stereocenters. The Bertz CT molecular complexity index is 779. The molecule has 0 saturated carbocycles. The molecule has 2 aromatic rings. The summed E-state index contributed by atoms with van der Waals surface area (Å²) in [5, 5.41) is 12.3. The molecule has 0 unspecified atom stereocenters. The summed E-state index contributed by atoms with van der Waals surface area (Å²) >= 11 is 6.00. The molecule has 0 aliphatic carbocycles. The van der Waals surface area contributed by atoms with Crippen LogP contribution in [0.25, 0.3) is 6.08 Å². The zero-order valence-corrected chi connectivity index (χ0v) is 13.3. The van der Waals surface area contributed by atoms with E-state index in [4.69, 9.17) is 16.3 Å². The molecule has 0 aliphatic heterocycles. The molecule has 0 spiro atoms. The molecule has 5 heteroatoms. The van der Waals surface area contributed by atoms with Gasteiger partial charge in [0, 0.05) is 0 Å². The fourth-order valence-corrected chi connectivity index (χ4v) is 2.11. The van der Waals surface area contributed by atoms with E-state index in [1.165, 1.54) is 6.08 Å². The lowest BCUT2D eigenvalue weighted by molar-refractivity contribution is -0.112. The Hall–Kier alpha value is -2.77. The summed E-state index contributed by atoms with van der Waals surface area (Å²) < 4.78 is 5.40. The van der Waals surface area contributed by atoms with Gasteiger partial charge in [-0.3, -0.25) is 4.79 Å². The van der Waals surface area contributed by atoms with Crippen LogP contribution in [-0.4, -0.2) is 12.5 Å². The van der Waals surface area contributed by atoms with Gasteiger partial charge in [-0.2, -0.15) is 5.26 Å². The second-order valence-electron chi connectivity index (χ2n) is 4.61. The molecule has 0 aliphatic rings. The van der Waals surface area contributed by atoms with Crippen LogP contribution in [-0.2, 0) is 4.79 Å². The Morgan fingerprint density at radius 1 is 1.30 bits per heavy atom. The normalized spacial score (nSPS) is 10.7. The largest absolute Gasteiger partial charge is 0.494 e. The summed E-state index contributed by atoms with van der Waals surface area (Å²) in [6.45, 7) is 2.44. The summed E-state index contributed by atoms with van der Waals surface area (Å²) in [7, 11) is 0. The number of carbonyl (C=O) groups is 1. The van der Waals surface area contributed by atoms with E-state index < -0.39 is 5.91 Å². The van der Waals surface area contributed by atoms with Crippen molar-refractivity contribution in [1.82, 2.24) is 0 Å². The topological polar surface area (TPSA) is 62.1 Å². The summed E-state index contributed by atoms with van der Waals surface area (Å²) in [5.74, 6) is 0.174. The standard InChI is InChI=1S/C18H15ClN2O2/c1-2-23-15-7-5-6-13(11-15)10-14(12-20)18(22)21-17-9-4-3-8-16(17)19/h3-11H,2H2,1H3,(H,21,22)/b14-10+. The van der Waals surface area contributed by atoms with Gasteiger partial charge in [0.15, 0.2) is 0 Å². The van der Waals surface area contributed by atoms with Gasteiger partial charge in [0.1, 0.15) is 17.4 Å². The van der Waals surface area contributed by atoms with Gasteiger partial charge in [-0.05, 0) is 42.8 Å². The number of carbonyl (C=O) groups excluding carboxylic acids is 1. The number of benzene rings is 2. The van der Waals surface area contributed by atoms with E-state index >= 15 is 0 Å². The van der Waals surface area contributed by atoms with E-state index in [-0.39, 0.29) is 5.57 Å². The van der Waals surface area contributed by atoms with Gasteiger partial charge in [-0.25, -0.2) is 0 Å². The van der Waals surface area contributed by atoms with Gasteiger partial charge >= 0.3 is 0 Å². The monoisotopic (exact) mass is 326 g/mol. The maximum Gasteiger partial charge on any atom is 0.266 e. The van der Waals surface area contributed by atoms with Crippen molar-refractivity contribution in [1.29, 1.82) is 5.26 Å². The fourth-order valence-electron chi connectivity index (χ4n) is 1.93. The highest BCUT2D eigenvalue weighted by Gasteiger charge is 2.11. The van der Waals surface area contributed by atoms with Gasteiger partial charge in [0.2, 0.25) is 0 Å². The maximum absolute atomic E-state index is 12.2. The van der Waals surface area contributed by atoms with Crippen LogP contribution in [0.1, 0.15) is 12.5 Å². The Balaban J connectivity index is 2.22. The van der Waals surface area contributed by atoms with E-state index in [1.807, 2.05) is 19.1 Å². The zero-order chi connectivity index (χ0) is 16.7. The quantitative estimate of drug-likeness (QED) is 0.658. The van der Waals surface area contributed by atoms with E-state index in [2.05, 4.69) is 5.32 Å². The predicted molar refractivity (Wildman–Crippen MR) is 91.3 cm³/mol. The van der Waals surface area contributed by atoms with Crippen LogP contribution in [0.15, 0.2) is 54.1 Å². The van der Waals surface area contributed by atoms with Crippen molar-refractivity contribution < 1.29 is 9.53 Å². The average Bonchev–Trinajstić information content (AvgIpc) is 2.55. The molecule has 1 amide bonds. The molecule has 116 valence electrons. The van der Waals surface area contributed by atoms with Crippen LogP contribution in [0.5, 0.6) is 5.75 Å². The van der Waals surface area contributed by atoms with Crippen molar-refractivity contribution in [3.8, 4) is 11.8 Å². The number of rotatable bonds is 5. The average molecular weight is 327 g/mol. The number of nitrogens with one attached hydrogen (secondary N) is 1. The van der Waals surface area contributed by atoms with Crippen molar-refractivity contribution in [2.24, 2.45) is 0 Å². The second kappa shape index (κ2) is 8.02. The molecule has 2 aromatic carbocycles. The van der Waals surface area contributed by atoms with Crippen molar-refractivity contribution in [3.63, 3.8) is 0 Å². The number of ether oxygens (including phenoxy) is 1. The highest BCUT2D eigenvalue weighted by molar-refractivity contribution is 6.34. The van der Waals surface area contributed by atoms with Crippen molar-refractivity contribution in [2.75, 3.05) is 11.9 Å². The third kappa shape index (κ3) is 4.60. The summed E-state index contributed by atoms with van der Waals surface area (Å²) in [6.07, 6.45) is 1.51. The Kier molecular flexibility index (Phi) is 5.79. The Labute approximate surface area is 140 Å². The first-order chi connectivity index (χ1) is 11.1. The molecular formula is C18H15ClN2O2. The van der Waals surface area contributed by atoms with E-state index in [1.54, 1.807) is 42.5 Å². The second-order valence-corrected chi connectivity index (χ2v) is 5.02. The smallest absolute Gasteiger partial charge is 0.266 e. The Morgan fingerprint density at radius 2 is 2.09 bits per heavy atom. The van der Waals surface area contributed by atoms with Crippen molar-refractivity contribution >= 4 is 29.3 Å². The lowest BCUT2D eigenvalue weighted by Gasteiger charge is -2.06. The minimum absolute atomic E-state index is 0.0152. The number of hydrogen-bond donors (Lipinski definition) is 1. The highest BCUT2D eigenvalue weighted by atomic mass is 35.5. The molecule has 0 fully saturated rings. The van der Waals surface area contributed by atoms with Gasteiger partial charge in [-0.1, -0.05) is 35.9 Å². The van der Waals surface area contributed by atoms with Crippen LogP contribution >= 0.6 is 11.6 Å². The van der Waals surface area contributed by atoms with Crippen molar-refractivity contribution in [2.45, 2.75) is 6.92 Å². The molecule has 0 heterocycles. The Morgan fingerprint density at radius 3 is 2.78 bits per heavy atom. The first kappa shape index (κ1) is 16.6. The third-order valence-electron chi connectivity index (χ3n) is 2.97. The van der Waals surface area contributed by atoms with Crippen LogP contribution in [0, 0.1) is 11.3 Å². The summed E-state index contributed by atoms with van der Waals surface area (Å²) in [6, 6.07) is 15.9. The molecule has 23 heavy (non-hydrogen) atoms. The number of halogens is 1. The lowest BCUT2D eigenvalue weighted by Crippen LogP contribution is -2.13. The number of anilines is 1. The van der Waals surface area contributed by atoms with E-state index in [0.717, 1.165) is 0 Å². The molecular weight excluding hydrogens is 312 g/mol. The lowest BCUT2D eigenvalue weighted by atomic mass is 10.1. The first-order valence-corrected chi connectivity index (χ1v) is 7.42. The predicted octanol–water partition coefficient (Wildman–Crippen LogP) is 4.28. The fraction of sp³-hybridized carbons (Fsp3) is 0.111. The van der Waals surface area contributed by atoms with Gasteiger partial charge in [-0.15, -0.1) is 0 Å². The maximum atomic E-state index is 12.2. The van der Waals surface area contributed by atoms with Crippen LogP contribution in [0.2, 0.25) is 5.02 Å². The van der Waals surface area contributed by atoms with Gasteiger partial charge in [0.25, 0.3) is 5.91 Å². The molecule has 0 aromatic heterocycles. The zero-order valence-electron chi connectivity index (χ0n) is 12.5. The van der Waals surface area contributed by atoms with Gasteiger partial charge in [0.05, 0.1) is 17.3 Å². The minimum atomic E-state index is -0.512.